The summed E-state index contributed by atoms with van der Waals surface area (Å²) >= 11 is 0. The third kappa shape index (κ3) is 2.96. The Morgan fingerprint density at radius 1 is 1.64 bits per heavy atom. The fourth-order valence-electron chi connectivity index (χ4n) is 0.318. The fourth-order valence-corrected chi connectivity index (χ4v) is 0.318. The lowest BCUT2D eigenvalue weighted by atomic mass is 10.1. The fraction of sp³-hybridized carbons (Fsp3) is 0.600. The number of carbonyl (C=O) groups is 2. The lowest BCUT2D eigenvalue weighted by molar-refractivity contribution is -0.140. The summed E-state index contributed by atoms with van der Waals surface area (Å²) in [6.07, 6.45) is 0. The molecule has 6 heteroatoms. The maximum Gasteiger partial charge on any atom is 0.318 e. The summed E-state index contributed by atoms with van der Waals surface area (Å²) < 4.78 is 0. The molecule has 5 N–H and O–H groups in total. The van der Waals surface area contributed by atoms with Crippen LogP contribution in [0.2, 0.25) is 0 Å². The highest BCUT2D eigenvalue weighted by molar-refractivity contribution is 5.97. The number of amides is 3. The predicted octanol–water partition coefficient (Wildman–Crippen LogP) is -2.08. The molecule has 0 rings (SSSR count). The quantitative estimate of drug-likeness (QED) is 0.373. The molecule has 0 saturated heterocycles. The van der Waals surface area contributed by atoms with Crippen molar-refractivity contribution >= 4 is 11.9 Å². The molecule has 0 aliphatic heterocycles. The predicted molar refractivity (Wildman–Crippen MR) is 35.4 cm³/mol. The van der Waals surface area contributed by atoms with Crippen molar-refractivity contribution in [2.45, 2.75) is 12.5 Å². The molecule has 64 valence electrons. The van der Waals surface area contributed by atoms with Gasteiger partial charge in [0.1, 0.15) is 0 Å². The van der Waals surface area contributed by atoms with E-state index < -0.39 is 24.1 Å². The summed E-state index contributed by atoms with van der Waals surface area (Å²) in [6.45, 7) is 0.289. The summed E-state index contributed by atoms with van der Waals surface area (Å²) in [7, 11) is 0. The van der Waals surface area contributed by atoms with Crippen LogP contribution in [0.25, 0.3) is 0 Å². The second-order valence-electron chi connectivity index (χ2n) is 2.25. The van der Waals surface area contributed by atoms with Crippen molar-refractivity contribution in [3.8, 4) is 0 Å². The van der Waals surface area contributed by atoms with E-state index in [1.807, 2.05) is 0 Å². The summed E-state index contributed by atoms with van der Waals surface area (Å²) in [5, 5.41) is 19.0. The van der Waals surface area contributed by atoms with E-state index in [1.54, 1.807) is 5.32 Å². The monoisotopic (exact) mass is 162 g/mol. The highest BCUT2D eigenvalue weighted by atomic mass is 16.3. The third-order valence-electron chi connectivity index (χ3n) is 1.03. The number of nitrogens with two attached hydrogens (primary N) is 1. The zero-order chi connectivity index (χ0) is 9.07. The van der Waals surface area contributed by atoms with Crippen LogP contribution in [-0.4, -0.2) is 34.4 Å². The van der Waals surface area contributed by atoms with Gasteiger partial charge in [-0.05, 0) is 6.92 Å². The van der Waals surface area contributed by atoms with E-state index >= 15 is 0 Å². The first-order valence-corrected chi connectivity index (χ1v) is 2.84. The highest BCUT2D eigenvalue weighted by Gasteiger charge is 2.29. The van der Waals surface area contributed by atoms with Crippen LogP contribution in [0.1, 0.15) is 6.92 Å². The van der Waals surface area contributed by atoms with E-state index in [0.717, 1.165) is 6.92 Å². The molecule has 6 nitrogen and oxygen atoms in total. The third-order valence-corrected chi connectivity index (χ3v) is 1.03. The minimum absolute atomic E-state index is 0.772. The van der Waals surface area contributed by atoms with Crippen LogP contribution in [-0.2, 0) is 4.79 Å². The first-order valence-electron chi connectivity index (χ1n) is 2.84. The Balaban J connectivity index is 4.13. The second-order valence-corrected chi connectivity index (χ2v) is 2.25. The van der Waals surface area contributed by atoms with Gasteiger partial charge in [0.05, 0.1) is 6.61 Å². The molecule has 0 saturated carbocycles. The lowest BCUT2D eigenvalue weighted by Gasteiger charge is -2.17. The topological polar surface area (TPSA) is 113 Å². The molecule has 11 heavy (non-hydrogen) atoms. The van der Waals surface area contributed by atoms with Crippen molar-refractivity contribution in [3.05, 3.63) is 0 Å². The zero-order valence-corrected chi connectivity index (χ0v) is 6.00. The van der Waals surface area contributed by atoms with Crippen LogP contribution < -0.4 is 11.1 Å². The van der Waals surface area contributed by atoms with Gasteiger partial charge in [-0.1, -0.05) is 0 Å². The zero-order valence-electron chi connectivity index (χ0n) is 6.00. The molecule has 0 spiro atoms. The van der Waals surface area contributed by atoms with E-state index in [1.165, 1.54) is 0 Å². The maximum atomic E-state index is 10.7. The highest BCUT2D eigenvalue weighted by Crippen LogP contribution is 1.99. The molecule has 0 bridgehead atoms. The van der Waals surface area contributed by atoms with E-state index in [0.29, 0.717) is 0 Å². The van der Waals surface area contributed by atoms with Crippen molar-refractivity contribution in [2.75, 3.05) is 6.61 Å². The molecule has 0 aromatic heterocycles. The molecule has 3 amide bonds. The number of carbonyl (C=O) groups excluding carboxylic acids is 2. The number of nitrogens with one attached hydrogen (secondary N) is 1. The number of primary amides is 1. The molecule has 1 unspecified atom stereocenters. The molecule has 1 atom stereocenters. The normalized spacial score (nSPS) is 15.2. The van der Waals surface area contributed by atoms with Crippen LogP contribution in [0.5, 0.6) is 0 Å². The Morgan fingerprint density at radius 2 is 2.09 bits per heavy atom. The SMILES string of the molecule is CC(O)(CO)C(=O)NC(N)=O. The summed E-state index contributed by atoms with van der Waals surface area (Å²) in [5.74, 6) is -1.02. The van der Waals surface area contributed by atoms with Gasteiger partial charge in [0.25, 0.3) is 5.91 Å². The molecule has 0 radical (unpaired) electrons. The molecule has 0 aliphatic rings. The van der Waals surface area contributed by atoms with Gasteiger partial charge in [-0.25, -0.2) is 4.79 Å². The number of aliphatic hydroxyl groups is 2. The Labute approximate surface area is 63.0 Å². The Hall–Kier alpha value is -1.14. The number of rotatable bonds is 2. The molecule has 0 aliphatic carbocycles. The number of imide groups is 1. The number of aliphatic hydroxyl groups excluding tert-OH is 1. The average Bonchev–Trinajstić information content (AvgIpc) is 1.86. The average molecular weight is 162 g/mol. The molecule has 0 aromatic rings. The van der Waals surface area contributed by atoms with Gasteiger partial charge in [0.2, 0.25) is 0 Å². The largest absolute Gasteiger partial charge is 0.393 e. The first kappa shape index (κ1) is 9.86. The summed E-state index contributed by atoms with van der Waals surface area (Å²) in [5.41, 5.74) is 2.62. The van der Waals surface area contributed by atoms with Crippen molar-refractivity contribution in [1.82, 2.24) is 5.32 Å². The maximum absolute atomic E-state index is 10.7. The van der Waals surface area contributed by atoms with Crippen LogP contribution in [0.3, 0.4) is 0 Å². The van der Waals surface area contributed by atoms with Gasteiger partial charge in [0.15, 0.2) is 5.60 Å². The summed E-state index contributed by atoms with van der Waals surface area (Å²) in [6, 6.07) is -1.07. The molecular formula is C5H10N2O4. The Kier molecular flexibility index (Phi) is 2.97. The first-order chi connectivity index (χ1) is 4.90. The van der Waals surface area contributed by atoms with Gasteiger partial charge in [-0.3, -0.25) is 10.1 Å². The van der Waals surface area contributed by atoms with Gasteiger partial charge in [-0.2, -0.15) is 0 Å². The van der Waals surface area contributed by atoms with Crippen LogP contribution in [0.15, 0.2) is 0 Å². The number of urea groups is 1. The van der Waals surface area contributed by atoms with E-state index in [-0.39, 0.29) is 0 Å². The van der Waals surface area contributed by atoms with E-state index in [4.69, 9.17) is 10.2 Å². The van der Waals surface area contributed by atoms with Gasteiger partial charge in [0, 0.05) is 0 Å². The Morgan fingerprint density at radius 3 is 2.36 bits per heavy atom. The second kappa shape index (κ2) is 3.31. The van der Waals surface area contributed by atoms with Crippen LogP contribution in [0, 0.1) is 0 Å². The van der Waals surface area contributed by atoms with Crippen LogP contribution in [0.4, 0.5) is 4.79 Å². The van der Waals surface area contributed by atoms with Crippen molar-refractivity contribution in [3.63, 3.8) is 0 Å². The van der Waals surface area contributed by atoms with Crippen LogP contribution >= 0.6 is 0 Å². The molecule has 0 fully saturated rings. The van der Waals surface area contributed by atoms with Crippen molar-refractivity contribution in [2.24, 2.45) is 5.73 Å². The number of hydrogen-bond acceptors (Lipinski definition) is 4. The Bertz CT molecular complexity index is 177. The van der Waals surface area contributed by atoms with Gasteiger partial charge < -0.3 is 15.9 Å². The molecule has 0 heterocycles. The van der Waals surface area contributed by atoms with E-state index in [9.17, 15) is 9.59 Å². The standard InChI is InChI=1S/C5H10N2O4/c1-5(11,2-8)3(9)7-4(6)10/h8,11H,2H2,1H3,(H3,6,7,9,10). The number of hydrogen-bond donors (Lipinski definition) is 4. The molecule has 0 aromatic carbocycles. The van der Waals surface area contributed by atoms with Gasteiger partial charge in [-0.15, -0.1) is 0 Å². The lowest BCUT2D eigenvalue weighted by Crippen LogP contribution is -2.50. The minimum atomic E-state index is -1.96. The van der Waals surface area contributed by atoms with E-state index in [2.05, 4.69) is 5.73 Å². The van der Waals surface area contributed by atoms with Crippen molar-refractivity contribution < 1.29 is 19.8 Å². The van der Waals surface area contributed by atoms with Gasteiger partial charge >= 0.3 is 6.03 Å². The van der Waals surface area contributed by atoms with Crippen molar-refractivity contribution in [1.29, 1.82) is 0 Å². The summed E-state index contributed by atoms with van der Waals surface area (Å²) in [4.78, 5) is 20.8. The molecular weight excluding hydrogens is 152 g/mol. The smallest absolute Gasteiger partial charge is 0.318 e. The minimum Gasteiger partial charge on any atom is -0.393 e.